The smallest absolute Gasteiger partial charge is 0.0826 e. The van der Waals surface area contributed by atoms with Crippen LogP contribution >= 0.6 is 23.2 Å². The average molecular weight is 344 g/mol. The molecule has 118 valence electrons. The van der Waals surface area contributed by atoms with Crippen LogP contribution in [0.4, 0.5) is 5.69 Å². The molecular weight excluding hydrogens is 325 g/mol. The Morgan fingerprint density at radius 3 is 2.70 bits per heavy atom. The fourth-order valence-electron chi connectivity index (χ4n) is 4.01. The van der Waals surface area contributed by atoms with Crippen LogP contribution in [0.25, 0.3) is 0 Å². The molecule has 0 saturated heterocycles. The molecule has 0 saturated carbocycles. The maximum Gasteiger partial charge on any atom is 0.0826 e. The first kappa shape index (κ1) is 15.1. The lowest BCUT2D eigenvalue weighted by Crippen LogP contribution is -2.29. The van der Waals surface area contributed by atoms with Crippen molar-refractivity contribution in [1.29, 1.82) is 0 Å². The summed E-state index contributed by atoms with van der Waals surface area (Å²) in [6, 6.07) is 11.0. The van der Waals surface area contributed by atoms with Gasteiger partial charge in [-0.15, -0.1) is 0 Å². The Balaban J connectivity index is 1.87. The Morgan fingerprint density at radius 2 is 1.87 bits per heavy atom. The number of hydrogen-bond acceptors (Lipinski definition) is 1. The van der Waals surface area contributed by atoms with Crippen molar-refractivity contribution in [3.63, 3.8) is 0 Å². The van der Waals surface area contributed by atoms with Gasteiger partial charge in [-0.25, -0.2) is 0 Å². The summed E-state index contributed by atoms with van der Waals surface area (Å²) in [7, 11) is 0. The van der Waals surface area contributed by atoms with Gasteiger partial charge in [0, 0.05) is 5.92 Å². The highest BCUT2D eigenvalue weighted by atomic mass is 35.5. The molecule has 1 aliphatic heterocycles. The topological polar surface area (TPSA) is 12.0 Å². The summed E-state index contributed by atoms with van der Waals surface area (Å²) < 4.78 is 0. The van der Waals surface area contributed by atoms with E-state index in [1.807, 2.05) is 6.07 Å². The fourth-order valence-corrected chi connectivity index (χ4v) is 4.39. The van der Waals surface area contributed by atoms with Gasteiger partial charge in [-0.1, -0.05) is 65.2 Å². The van der Waals surface area contributed by atoms with Gasteiger partial charge in [0.15, 0.2) is 0 Å². The number of allylic oxidation sites excluding steroid dienone is 2. The number of benzene rings is 2. The molecular formula is C20H19Cl2N. The van der Waals surface area contributed by atoms with E-state index in [4.69, 9.17) is 23.2 Å². The summed E-state index contributed by atoms with van der Waals surface area (Å²) in [4.78, 5) is 0. The lowest BCUT2D eigenvalue weighted by atomic mass is 9.76. The summed E-state index contributed by atoms with van der Waals surface area (Å²) in [5.41, 5.74) is 6.24. The minimum Gasteiger partial charge on any atom is -0.376 e. The van der Waals surface area contributed by atoms with Crippen molar-refractivity contribution < 1.29 is 0 Å². The zero-order valence-electron chi connectivity index (χ0n) is 13.2. The first-order valence-electron chi connectivity index (χ1n) is 8.04. The summed E-state index contributed by atoms with van der Waals surface area (Å²) in [6.45, 7) is 4.33. The fraction of sp³-hybridized carbons (Fsp3) is 0.300. The maximum absolute atomic E-state index is 6.51. The molecule has 0 radical (unpaired) electrons. The van der Waals surface area contributed by atoms with Gasteiger partial charge in [-0.05, 0) is 48.9 Å². The van der Waals surface area contributed by atoms with E-state index in [0.717, 1.165) is 12.1 Å². The van der Waals surface area contributed by atoms with Gasteiger partial charge < -0.3 is 5.32 Å². The minimum absolute atomic E-state index is 0.262. The largest absolute Gasteiger partial charge is 0.376 e. The zero-order valence-corrected chi connectivity index (χ0v) is 14.7. The van der Waals surface area contributed by atoms with Crippen molar-refractivity contribution in [3.8, 4) is 0 Å². The van der Waals surface area contributed by atoms with E-state index in [1.54, 1.807) is 0 Å². The molecule has 0 spiro atoms. The highest BCUT2D eigenvalue weighted by Gasteiger charge is 2.39. The van der Waals surface area contributed by atoms with Gasteiger partial charge in [0.1, 0.15) is 0 Å². The second-order valence-electron chi connectivity index (χ2n) is 6.66. The van der Waals surface area contributed by atoms with E-state index in [0.29, 0.717) is 21.9 Å². The Kier molecular flexibility index (Phi) is 3.66. The molecule has 1 aliphatic carbocycles. The molecule has 1 N–H and O–H groups in total. The SMILES string of the molecule is Cc1ccc(C)c([C@@H]2Nc3c(ccc(Cl)c3Cl)[C@@H]3C=CC[C@@H]32)c1. The van der Waals surface area contributed by atoms with Crippen LogP contribution in [-0.4, -0.2) is 0 Å². The third kappa shape index (κ3) is 2.38. The van der Waals surface area contributed by atoms with Crippen LogP contribution in [0.15, 0.2) is 42.5 Å². The molecule has 0 bridgehead atoms. The maximum atomic E-state index is 6.51. The second kappa shape index (κ2) is 5.58. The molecule has 2 aromatic rings. The van der Waals surface area contributed by atoms with E-state index >= 15 is 0 Å². The number of anilines is 1. The van der Waals surface area contributed by atoms with Crippen LogP contribution in [0.2, 0.25) is 10.0 Å². The lowest BCUT2D eigenvalue weighted by molar-refractivity contribution is 0.424. The molecule has 0 aromatic heterocycles. The summed E-state index contributed by atoms with van der Waals surface area (Å²) >= 11 is 12.8. The predicted molar refractivity (Wildman–Crippen MR) is 98.7 cm³/mol. The average Bonchev–Trinajstić information content (AvgIpc) is 3.02. The van der Waals surface area contributed by atoms with Gasteiger partial charge in [0.05, 0.1) is 21.8 Å². The van der Waals surface area contributed by atoms with Crippen LogP contribution in [0.5, 0.6) is 0 Å². The van der Waals surface area contributed by atoms with Gasteiger partial charge in [0.25, 0.3) is 0 Å². The zero-order chi connectivity index (χ0) is 16.1. The molecule has 2 aliphatic rings. The van der Waals surface area contributed by atoms with Crippen LogP contribution < -0.4 is 5.32 Å². The first-order valence-corrected chi connectivity index (χ1v) is 8.80. The summed E-state index contributed by atoms with van der Waals surface area (Å²) in [5.74, 6) is 0.936. The van der Waals surface area contributed by atoms with Gasteiger partial charge in [-0.3, -0.25) is 0 Å². The highest BCUT2D eigenvalue weighted by Crippen LogP contribution is 2.52. The first-order chi connectivity index (χ1) is 11.1. The molecule has 0 unspecified atom stereocenters. The molecule has 1 heterocycles. The van der Waals surface area contributed by atoms with Gasteiger partial charge in [0.2, 0.25) is 0 Å². The van der Waals surface area contributed by atoms with E-state index < -0.39 is 0 Å². The van der Waals surface area contributed by atoms with Crippen LogP contribution in [0, 0.1) is 19.8 Å². The third-order valence-corrected chi connectivity index (χ3v) is 6.00. The van der Waals surface area contributed by atoms with Crippen molar-refractivity contribution in [2.45, 2.75) is 32.2 Å². The second-order valence-corrected chi connectivity index (χ2v) is 7.45. The molecule has 0 fully saturated rings. The molecule has 2 aromatic carbocycles. The van der Waals surface area contributed by atoms with Crippen molar-refractivity contribution in [3.05, 3.63) is 74.8 Å². The Hall–Kier alpha value is -1.44. The number of rotatable bonds is 1. The van der Waals surface area contributed by atoms with Crippen LogP contribution in [-0.2, 0) is 0 Å². The Bertz CT molecular complexity index is 810. The number of fused-ring (bicyclic) bond motifs is 3. The van der Waals surface area contributed by atoms with E-state index in [1.165, 1.54) is 22.3 Å². The van der Waals surface area contributed by atoms with Crippen LogP contribution in [0.1, 0.15) is 40.6 Å². The lowest BCUT2D eigenvalue weighted by Gasteiger charge is -2.38. The van der Waals surface area contributed by atoms with Crippen LogP contribution in [0.3, 0.4) is 0 Å². The summed E-state index contributed by atoms with van der Waals surface area (Å²) in [6.07, 6.45) is 5.72. The Morgan fingerprint density at radius 1 is 1.04 bits per heavy atom. The van der Waals surface area contributed by atoms with E-state index in [2.05, 4.69) is 55.6 Å². The Labute approximate surface area is 147 Å². The highest BCUT2D eigenvalue weighted by molar-refractivity contribution is 6.43. The van der Waals surface area contributed by atoms with Crippen molar-refractivity contribution >= 4 is 28.9 Å². The number of nitrogens with one attached hydrogen (secondary N) is 1. The molecule has 3 heteroatoms. The molecule has 3 atom stereocenters. The number of aryl methyl sites for hydroxylation is 2. The molecule has 23 heavy (non-hydrogen) atoms. The van der Waals surface area contributed by atoms with Crippen molar-refractivity contribution in [1.82, 2.24) is 0 Å². The van der Waals surface area contributed by atoms with Gasteiger partial charge in [-0.2, -0.15) is 0 Å². The molecule has 0 amide bonds. The normalized spacial score (nSPS) is 25.0. The van der Waals surface area contributed by atoms with Gasteiger partial charge >= 0.3 is 0 Å². The molecule has 4 rings (SSSR count). The number of halogens is 2. The van der Waals surface area contributed by atoms with E-state index in [9.17, 15) is 0 Å². The third-order valence-electron chi connectivity index (χ3n) is 5.20. The molecule has 1 nitrogen and oxygen atoms in total. The standard InChI is InChI=1S/C20H19Cl2N/c1-11-6-7-12(2)16(10-11)19-14-5-3-4-13(14)15-8-9-17(21)18(22)20(15)23-19/h3-4,6-10,13-14,19,23H,5H2,1-2H3/t13-,14+,19-/m1/s1. The minimum atomic E-state index is 0.262. The summed E-state index contributed by atoms with van der Waals surface area (Å²) in [5, 5.41) is 4.95. The van der Waals surface area contributed by atoms with E-state index in [-0.39, 0.29) is 6.04 Å². The predicted octanol–water partition coefficient (Wildman–Crippen LogP) is 6.44. The quantitative estimate of drug-likeness (QED) is 0.587. The van der Waals surface area contributed by atoms with Crippen molar-refractivity contribution in [2.24, 2.45) is 5.92 Å². The van der Waals surface area contributed by atoms with Crippen molar-refractivity contribution in [2.75, 3.05) is 5.32 Å². The monoisotopic (exact) mass is 343 g/mol. The number of hydrogen-bond donors (Lipinski definition) is 1.